The van der Waals surface area contributed by atoms with E-state index >= 15 is 0 Å². The fourth-order valence-electron chi connectivity index (χ4n) is 1.71. The minimum absolute atomic E-state index is 0.142. The van der Waals surface area contributed by atoms with Gasteiger partial charge in [-0.05, 0) is 30.7 Å². The molecule has 1 aromatic heterocycles. The Hall–Kier alpha value is -2.43. The first-order valence-corrected chi connectivity index (χ1v) is 5.88. The largest absolute Gasteiger partial charge is 0.496 e. The van der Waals surface area contributed by atoms with Gasteiger partial charge in [0.15, 0.2) is 0 Å². The first-order valence-electron chi connectivity index (χ1n) is 5.88. The summed E-state index contributed by atoms with van der Waals surface area (Å²) in [5, 5.41) is 2.80. The van der Waals surface area contributed by atoms with Gasteiger partial charge in [-0.2, -0.15) is 0 Å². The Morgan fingerprint density at radius 1 is 1.37 bits per heavy atom. The maximum Gasteiger partial charge on any atom is 0.251 e. The van der Waals surface area contributed by atoms with Crippen LogP contribution in [-0.4, -0.2) is 23.0 Å². The number of benzene rings is 1. The molecule has 0 radical (unpaired) electrons. The van der Waals surface area contributed by atoms with E-state index in [2.05, 4.69) is 15.3 Å². The summed E-state index contributed by atoms with van der Waals surface area (Å²) in [5.74, 6) is 0.627. The lowest BCUT2D eigenvalue weighted by atomic mass is 10.1. The Morgan fingerprint density at radius 2 is 2.21 bits per heavy atom. The van der Waals surface area contributed by atoms with Gasteiger partial charge in [0.1, 0.15) is 5.75 Å². The average Bonchev–Trinajstić information content (AvgIpc) is 2.45. The molecular formula is C14H15N3O2. The van der Waals surface area contributed by atoms with Crippen LogP contribution < -0.4 is 10.1 Å². The molecule has 0 fully saturated rings. The van der Waals surface area contributed by atoms with E-state index in [9.17, 15) is 4.79 Å². The molecule has 1 aromatic carbocycles. The van der Waals surface area contributed by atoms with Gasteiger partial charge in [0.2, 0.25) is 0 Å². The van der Waals surface area contributed by atoms with Crippen molar-refractivity contribution in [3.63, 3.8) is 0 Å². The number of hydrogen-bond donors (Lipinski definition) is 1. The van der Waals surface area contributed by atoms with Gasteiger partial charge in [-0.1, -0.05) is 0 Å². The van der Waals surface area contributed by atoms with Gasteiger partial charge in [-0.3, -0.25) is 14.8 Å². The number of methoxy groups -OCH3 is 1. The molecule has 1 N–H and O–H groups in total. The van der Waals surface area contributed by atoms with Crippen molar-refractivity contribution in [3.05, 3.63) is 53.6 Å². The number of ether oxygens (including phenoxy) is 1. The Balaban J connectivity index is 2.02. The zero-order valence-electron chi connectivity index (χ0n) is 10.9. The summed E-state index contributed by atoms with van der Waals surface area (Å²) in [7, 11) is 1.61. The second kappa shape index (κ2) is 5.95. The minimum atomic E-state index is -0.142. The topological polar surface area (TPSA) is 64.1 Å². The van der Waals surface area contributed by atoms with Crippen LogP contribution in [-0.2, 0) is 6.54 Å². The molecule has 2 aromatic rings. The van der Waals surface area contributed by atoms with Gasteiger partial charge in [-0.15, -0.1) is 0 Å². The van der Waals surface area contributed by atoms with Crippen LogP contribution >= 0.6 is 0 Å². The van der Waals surface area contributed by atoms with E-state index in [4.69, 9.17) is 4.74 Å². The Kier molecular flexibility index (Phi) is 4.07. The average molecular weight is 257 g/mol. The van der Waals surface area contributed by atoms with Crippen LogP contribution in [0.1, 0.15) is 21.6 Å². The number of amides is 1. The molecule has 5 nitrogen and oxygen atoms in total. The van der Waals surface area contributed by atoms with E-state index in [0.717, 1.165) is 17.0 Å². The molecule has 0 spiro atoms. The zero-order valence-corrected chi connectivity index (χ0v) is 10.9. The number of aryl methyl sites for hydroxylation is 1. The Labute approximate surface area is 111 Å². The van der Waals surface area contributed by atoms with Gasteiger partial charge < -0.3 is 10.1 Å². The number of aromatic nitrogens is 2. The molecule has 0 atom stereocenters. The number of nitrogens with one attached hydrogen (secondary N) is 1. The lowest BCUT2D eigenvalue weighted by Gasteiger charge is -2.08. The third-order valence-electron chi connectivity index (χ3n) is 2.70. The molecule has 1 heterocycles. The molecule has 1 amide bonds. The molecule has 0 saturated carbocycles. The molecule has 0 saturated heterocycles. The maximum atomic E-state index is 12.0. The van der Waals surface area contributed by atoms with Crippen LogP contribution in [0.2, 0.25) is 0 Å². The minimum Gasteiger partial charge on any atom is -0.496 e. The van der Waals surface area contributed by atoms with Crippen LogP contribution in [0.25, 0.3) is 0 Å². The van der Waals surface area contributed by atoms with Crippen molar-refractivity contribution in [2.75, 3.05) is 7.11 Å². The summed E-state index contributed by atoms with van der Waals surface area (Å²) >= 11 is 0. The van der Waals surface area contributed by atoms with Crippen molar-refractivity contribution in [2.45, 2.75) is 13.5 Å². The summed E-state index contributed by atoms with van der Waals surface area (Å²) in [6.07, 6.45) is 4.82. The van der Waals surface area contributed by atoms with Crippen molar-refractivity contribution >= 4 is 5.91 Å². The first-order chi connectivity index (χ1) is 9.20. The van der Waals surface area contributed by atoms with Crippen LogP contribution in [0, 0.1) is 6.92 Å². The van der Waals surface area contributed by atoms with Crippen LogP contribution in [0.15, 0.2) is 36.8 Å². The fourth-order valence-corrected chi connectivity index (χ4v) is 1.71. The number of nitrogens with zero attached hydrogens (tertiary/aromatic N) is 2. The van der Waals surface area contributed by atoms with Gasteiger partial charge >= 0.3 is 0 Å². The zero-order chi connectivity index (χ0) is 13.7. The second-order valence-electron chi connectivity index (χ2n) is 4.06. The highest BCUT2D eigenvalue weighted by Crippen LogP contribution is 2.18. The third kappa shape index (κ3) is 3.28. The summed E-state index contributed by atoms with van der Waals surface area (Å²) in [6, 6.07) is 5.31. The fraction of sp³-hybridized carbons (Fsp3) is 0.214. The van der Waals surface area contributed by atoms with Crippen molar-refractivity contribution in [1.82, 2.24) is 15.3 Å². The van der Waals surface area contributed by atoms with E-state index < -0.39 is 0 Å². The predicted octanol–water partition coefficient (Wildman–Crippen LogP) is 1.72. The van der Waals surface area contributed by atoms with Crippen LogP contribution in [0.4, 0.5) is 0 Å². The van der Waals surface area contributed by atoms with E-state index in [1.54, 1.807) is 43.9 Å². The van der Waals surface area contributed by atoms with Crippen molar-refractivity contribution in [1.29, 1.82) is 0 Å². The predicted molar refractivity (Wildman–Crippen MR) is 70.9 cm³/mol. The molecule has 0 bridgehead atoms. The lowest BCUT2D eigenvalue weighted by molar-refractivity contribution is 0.0950. The molecule has 98 valence electrons. The molecule has 0 aliphatic carbocycles. The normalized spacial score (nSPS) is 10.0. The molecule has 5 heteroatoms. The maximum absolute atomic E-state index is 12.0. The molecule has 0 unspecified atom stereocenters. The van der Waals surface area contributed by atoms with Gasteiger partial charge in [0.25, 0.3) is 5.91 Å². The van der Waals surface area contributed by atoms with Crippen molar-refractivity contribution in [2.24, 2.45) is 0 Å². The molecule has 0 aliphatic heterocycles. The summed E-state index contributed by atoms with van der Waals surface area (Å²) in [4.78, 5) is 20.0. The standard InChI is InChI=1S/C14H15N3O2/c1-10-7-11(3-4-13(10)19-2)14(18)17-9-12-8-15-5-6-16-12/h3-8H,9H2,1-2H3,(H,17,18). The monoisotopic (exact) mass is 257 g/mol. The molecular weight excluding hydrogens is 242 g/mol. The molecule has 19 heavy (non-hydrogen) atoms. The SMILES string of the molecule is COc1ccc(C(=O)NCc2cnccn2)cc1C. The number of rotatable bonds is 4. The quantitative estimate of drug-likeness (QED) is 0.905. The van der Waals surface area contributed by atoms with E-state index in [0.29, 0.717) is 12.1 Å². The number of hydrogen-bond acceptors (Lipinski definition) is 4. The number of carbonyl (C=O) groups is 1. The lowest BCUT2D eigenvalue weighted by Crippen LogP contribution is -2.23. The molecule has 2 rings (SSSR count). The summed E-state index contributed by atoms with van der Waals surface area (Å²) in [5.41, 5.74) is 2.25. The summed E-state index contributed by atoms with van der Waals surface area (Å²) < 4.78 is 5.16. The highest BCUT2D eigenvalue weighted by atomic mass is 16.5. The smallest absolute Gasteiger partial charge is 0.251 e. The van der Waals surface area contributed by atoms with E-state index in [-0.39, 0.29) is 5.91 Å². The Morgan fingerprint density at radius 3 is 2.84 bits per heavy atom. The molecule has 0 aliphatic rings. The van der Waals surface area contributed by atoms with Crippen LogP contribution in [0.5, 0.6) is 5.75 Å². The second-order valence-corrected chi connectivity index (χ2v) is 4.06. The highest BCUT2D eigenvalue weighted by molar-refractivity contribution is 5.94. The van der Waals surface area contributed by atoms with Gasteiger partial charge in [0, 0.05) is 18.0 Å². The first kappa shape index (κ1) is 13.0. The van der Waals surface area contributed by atoms with Crippen LogP contribution in [0.3, 0.4) is 0 Å². The van der Waals surface area contributed by atoms with Crippen molar-refractivity contribution in [3.8, 4) is 5.75 Å². The Bertz CT molecular complexity index is 570. The van der Waals surface area contributed by atoms with Crippen molar-refractivity contribution < 1.29 is 9.53 Å². The number of carbonyl (C=O) groups excluding carboxylic acids is 1. The van der Waals surface area contributed by atoms with E-state index in [1.807, 2.05) is 6.92 Å². The van der Waals surface area contributed by atoms with E-state index in [1.165, 1.54) is 0 Å². The highest BCUT2D eigenvalue weighted by Gasteiger charge is 2.08. The van der Waals surface area contributed by atoms with Gasteiger partial charge in [-0.25, -0.2) is 0 Å². The summed E-state index contributed by atoms with van der Waals surface area (Å²) in [6.45, 7) is 2.26. The third-order valence-corrected chi connectivity index (χ3v) is 2.70. The van der Waals surface area contributed by atoms with Gasteiger partial charge in [0.05, 0.1) is 25.5 Å².